The van der Waals surface area contributed by atoms with Gasteiger partial charge in [-0.3, -0.25) is 0 Å². The molecule has 15 heavy (non-hydrogen) atoms. The van der Waals surface area contributed by atoms with Crippen LogP contribution >= 0.6 is 27.3 Å². The van der Waals surface area contributed by atoms with E-state index in [1.807, 2.05) is 13.0 Å². The summed E-state index contributed by atoms with van der Waals surface area (Å²) in [6, 6.07) is 4.08. The Balaban J connectivity index is 2.04. The van der Waals surface area contributed by atoms with Crippen molar-refractivity contribution in [3.63, 3.8) is 0 Å². The zero-order valence-corrected chi connectivity index (χ0v) is 10.9. The second-order valence-corrected chi connectivity index (χ2v) is 6.21. The molecule has 0 aromatic carbocycles. The van der Waals surface area contributed by atoms with Gasteiger partial charge in [-0.25, -0.2) is 0 Å². The first kappa shape index (κ1) is 11.5. The number of hydrogen-bond acceptors (Lipinski definition) is 4. The van der Waals surface area contributed by atoms with Crippen LogP contribution in [0.15, 0.2) is 15.9 Å². The third-order valence-electron chi connectivity index (χ3n) is 2.30. The highest BCUT2D eigenvalue weighted by Gasteiger charge is 2.27. The van der Waals surface area contributed by atoms with Crippen molar-refractivity contribution in [1.29, 1.82) is 0 Å². The molecule has 1 aliphatic heterocycles. The minimum Gasteiger partial charge on any atom is -0.376 e. The summed E-state index contributed by atoms with van der Waals surface area (Å²) in [6.45, 7) is 3.35. The maximum Gasteiger partial charge on any atom is 0.107 e. The summed E-state index contributed by atoms with van der Waals surface area (Å²) in [7, 11) is 0. The Morgan fingerprint density at radius 3 is 2.73 bits per heavy atom. The van der Waals surface area contributed by atoms with E-state index in [2.05, 4.69) is 22.0 Å². The van der Waals surface area contributed by atoms with E-state index in [0.29, 0.717) is 13.2 Å². The highest BCUT2D eigenvalue weighted by Crippen LogP contribution is 2.32. The van der Waals surface area contributed by atoms with Crippen LogP contribution in [0.2, 0.25) is 0 Å². The predicted molar refractivity (Wildman–Crippen MR) is 64.1 cm³/mol. The van der Waals surface area contributed by atoms with Gasteiger partial charge in [0.05, 0.1) is 17.0 Å². The van der Waals surface area contributed by atoms with Gasteiger partial charge in [-0.05, 0) is 35.0 Å². The number of ether oxygens (including phenoxy) is 2. The van der Waals surface area contributed by atoms with E-state index in [1.165, 1.54) is 4.88 Å². The maximum atomic E-state index is 5.93. The third-order valence-corrected chi connectivity index (χ3v) is 3.98. The minimum absolute atomic E-state index is 0.00356. The van der Waals surface area contributed by atoms with Gasteiger partial charge in [0.15, 0.2) is 0 Å². The lowest BCUT2D eigenvalue weighted by atomic mass is 10.1. The van der Waals surface area contributed by atoms with E-state index in [4.69, 9.17) is 15.2 Å². The Kier molecular flexibility index (Phi) is 3.79. The standard InChI is InChI=1S/C10H14BrNO2S/c1-6(12)10(14-7-4-13-5-7)8-2-3-9(11)15-8/h2-3,6-7,10H,4-5,12H2,1H3. The highest BCUT2D eigenvalue weighted by atomic mass is 79.9. The van der Waals surface area contributed by atoms with Crippen molar-refractivity contribution < 1.29 is 9.47 Å². The van der Waals surface area contributed by atoms with Crippen LogP contribution in [0.4, 0.5) is 0 Å². The van der Waals surface area contributed by atoms with Crippen LogP contribution in [-0.2, 0) is 9.47 Å². The minimum atomic E-state index is -0.0183. The van der Waals surface area contributed by atoms with Gasteiger partial charge in [0.2, 0.25) is 0 Å². The van der Waals surface area contributed by atoms with E-state index >= 15 is 0 Å². The van der Waals surface area contributed by atoms with E-state index < -0.39 is 0 Å². The predicted octanol–water partition coefficient (Wildman–Crippen LogP) is 2.31. The van der Waals surface area contributed by atoms with Crippen molar-refractivity contribution in [2.24, 2.45) is 5.73 Å². The monoisotopic (exact) mass is 291 g/mol. The molecule has 2 rings (SSSR count). The zero-order valence-electron chi connectivity index (χ0n) is 8.48. The second-order valence-electron chi connectivity index (χ2n) is 3.72. The number of halogens is 1. The Labute approximate surface area is 102 Å². The maximum absolute atomic E-state index is 5.93. The first-order valence-corrected chi connectivity index (χ1v) is 6.52. The van der Waals surface area contributed by atoms with Crippen LogP contribution in [0.3, 0.4) is 0 Å². The van der Waals surface area contributed by atoms with Crippen molar-refractivity contribution in [1.82, 2.24) is 0 Å². The molecule has 3 nitrogen and oxygen atoms in total. The number of rotatable bonds is 4. The van der Waals surface area contributed by atoms with E-state index in [0.717, 1.165) is 3.79 Å². The summed E-state index contributed by atoms with van der Waals surface area (Å²) >= 11 is 5.12. The van der Waals surface area contributed by atoms with Gasteiger partial charge in [0, 0.05) is 10.9 Å². The molecule has 1 saturated heterocycles. The number of nitrogens with two attached hydrogens (primary N) is 1. The fourth-order valence-corrected chi connectivity index (χ4v) is 3.01. The molecular formula is C10H14BrNO2S. The molecule has 0 saturated carbocycles. The molecule has 0 spiro atoms. The van der Waals surface area contributed by atoms with E-state index in [9.17, 15) is 0 Å². The summed E-state index contributed by atoms with van der Waals surface area (Å²) in [4.78, 5) is 1.17. The molecule has 84 valence electrons. The molecule has 0 aliphatic carbocycles. The smallest absolute Gasteiger partial charge is 0.107 e. The van der Waals surface area contributed by atoms with Gasteiger partial charge in [-0.2, -0.15) is 0 Å². The van der Waals surface area contributed by atoms with Gasteiger partial charge in [0.25, 0.3) is 0 Å². The Morgan fingerprint density at radius 1 is 1.60 bits per heavy atom. The molecule has 1 aromatic heterocycles. The van der Waals surface area contributed by atoms with E-state index in [1.54, 1.807) is 11.3 Å². The quantitative estimate of drug-likeness (QED) is 0.926. The topological polar surface area (TPSA) is 44.5 Å². The van der Waals surface area contributed by atoms with Crippen molar-refractivity contribution in [2.75, 3.05) is 13.2 Å². The summed E-state index contributed by atoms with van der Waals surface area (Å²) in [6.07, 6.45) is 0.192. The second kappa shape index (κ2) is 4.93. The lowest BCUT2D eigenvalue weighted by Gasteiger charge is -2.31. The largest absolute Gasteiger partial charge is 0.376 e. The number of hydrogen-bond donors (Lipinski definition) is 1. The molecule has 0 amide bonds. The molecule has 2 N–H and O–H groups in total. The summed E-state index contributed by atoms with van der Waals surface area (Å²) < 4.78 is 12.1. The van der Waals surface area contributed by atoms with Crippen molar-refractivity contribution in [2.45, 2.75) is 25.2 Å². The molecule has 2 heterocycles. The highest BCUT2D eigenvalue weighted by molar-refractivity contribution is 9.11. The summed E-state index contributed by atoms with van der Waals surface area (Å²) in [5.41, 5.74) is 5.93. The molecule has 1 aliphatic rings. The van der Waals surface area contributed by atoms with Gasteiger partial charge in [0.1, 0.15) is 12.2 Å². The van der Waals surface area contributed by atoms with E-state index in [-0.39, 0.29) is 18.2 Å². The third kappa shape index (κ3) is 2.79. The van der Waals surface area contributed by atoms with Crippen molar-refractivity contribution >= 4 is 27.3 Å². The molecule has 2 unspecified atom stereocenters. The molecule has 2 atom stereocenters. The fourth-order valence-electron chi connectivity index (χ4n) is 1.43. The Hall–Kier alpha value is 0.0600. The van der Waals surface area contributed by atoms with Crippen LogP contribution in [-0.4, -0.2) is 25.4 Å². The molecule has 1 fully saturated rings. The van der Waals surface area contributed by atoms with Gasteiger partial charge in [-0.15, -0.1) is 11.3 Å². The fraction of sp³-hybridized carbons (Fsp3) is 0.600. The molecular weight excluding hydrogens is 278 g/mol. The van der Waals surface area contributed by atoms with Crippen molar-refractivity contribution in [3.8, 4) is 0 Å². The number of thiophene rings is 1. The first-order valence-electron chi connectivity index (χ1n) is 4.91. The van der Waals surface area contributed by atoms with Crippen LogP contribution in [0.5, 0.6) is 0 Å². The summed E-state index contributed by atoms with van der Waals surface area (Å²) in [5, 5.41) is 0. The average Bonchev–Trinajstić information content (AvgIpc) is 2.49. The van der Waals surface area contributed by atoms with Crippen LogP contribution in [0.1, 0.15) is 17.9 Å². The molecule has 5 heteroatoms. The van der Waals surface area contributed by atoms with Gasteiger partial charge in [-0.1, -0.05) is 0 Å². The van der Waals surface area contributed by atoms with Crippen LogP contribution in [0.25, 0.3) is 0 Å². The molecule has 0 radical (unpaired) electrons. The van der Waals surface area contributed by atoms with Gasteiger partial charge < -0.3 is 15.2 Å². The Bertz CT molecular complexity index is 325. The lowest BCUT2D eigenvalue weighted by molar-refractivity contribution is -0.158. The van der Waals surface area contributed by atoms with Crippen LogP contribution in [0, 0.1) is 0 Å². The average molecular weight is 292 g/mol. The Morgan fingerprint density at radius 2 is 2.33 bits per heavy atom. The van der Waals surface area contributed by atoms with Crippen LogP contribution < -0.4 is 5.73 Å². The van der Waals surface area contributed by atoms with Gasteiger partial charge >= 0.3 is 0 Å². The lowest BCUT2D eigenvalue weighted by Crippen LogP contribution is -2.40. The first-order chi connectivity index (χ1) is 7.16. The zero-order chi connectivity index (χ0) is 10.8. The summed E-state index contributed by atoms with van der Waals surface area (Å²) in [5.74, 6) is 0. The normalized spacial score (nSPS) is 21.0. The molecule has 1 aromatic rings. The SMILES string of the molecule is CC(N)C(OC1COC1)c1ccc(Br)s1. The van der Waals surface area contributed by atoms with Crippen molar-refractivity contribution in [3.05, 3.63) is 20.8 Å². The molecule has 0 bridgehead atoms.